The minimum atomic E-state index is -0.545. The summed E-state index contributed by atoms with van der Waals surface area (Å²) in [5, 5.41) is 19.8. The molecule has 0 unspecified atom stereocenters. The Labute approximate surface area is 105 Å². The summed E-state index contributed by atoms with van der Waals surface area (Å²) in [6, 6.07) is 4.56. The van der Waals surface area contributed by atoms with Gasteiger partial charge in [0.15, 0.2) is 11.5 Å². The molecule has 1 aromatic carbocycles. The summed E-state index contributed by atoms with van der Waals surface area (Å²) in [6.07, 6.45) is 4.05. The van der Waals surface area contributed by atoms with Crippen molar-refractivity contribution in [3.8, 4) is 11.5 Å². The molecular formula is C13H15NO4. The van der Waals surface area contributed by atoms with Crippen molar-refractivity contribution in [3.05, 3.63) is 51.7 Å². The fourth-order valence-electron chi connectivity index (χ4n) is 1.20. The molecule has 0 aliphatic carbocycles. The van der Waals surface area contributed by atoms with Crippen LogP contribution >= 0.6 is 0 Å². The molecule has 0 bridgehead atoms. The summed E-state index contributed by atoms with van der Waals surface area (Å²) < 4.78 is 5.36. The highest BCUT2D eigenvalue weighted by Gasteiger charge is 2.02. The number of hydrogen-bond acceptors (Lipinski definition) is 4. The topological polar surface area (TPSA) is 72.6 Å². The first kappa shape index (κ1) is 13.8. The van der Waals surface area contributed by atoms with E-state index in [1.54, 1.807) is 12.1 Å². The lowest BCUT2D eigenvalue weighted by Crippen LogP contribution is -1.95. The second-order valence-corrected chi connectivity index (χ2v) is 3.92. The van der Waals surface area contributed by atoms with E-state index < -0.39 is 4.92 Å². The van der Waals surface area contributed by atoms with Crippen molar-refractivity contribution in [2.75, 3.05) is 6.61 Å². The van der Waals surface area contributed by atoms with Crippen molar-refractivity contribution in [2.45, 2.75) is 13.8 Å². The lowest BCUT2D eigenvalue weighted by Gasteiger charge is -2.06. The number of benzene rings is 1. The Kier molecular flexibility index (Phi) is 4.92. The number of rotatable bonds is 5. The second-order valence-electron chi connectivity index (χ2n) is 3.92. The molecule has 1 aromatic rings. The maximum atomic E-state index is 10.2. The van der Waals surface area contributed by atoms with Crippen LogP contribution in [0.5, 0.6) is 11.5 Å². The average Bonchev–Trinajstić information content (AvgIpc) is 2.29. The van der Waals surface area contributed by atoms with Gasteiger partial charge < -0.3 is 9.84 Å². The summed E-state index contributed by atoms with van der Waals surface area (Å²) in [6.45, 7) is 4.23. The number of nitro groups is 1. The number of hydrogen-bond donors (Lipinski definition) is 1. The van der Waals surface area contributed by atoms with Gasteiger partial charge in [0.2, 0.25) is 6.20 Å². The third-order valence-corrected chi connectivity index (χ3v) is 2.10. The largest absolute Gasteiger partial charge is 0.504 e. The van der Waals surface area contributed by atoms with Gasteiger partial charge in [-0.25, -0.2) is 0 Å². The molecule has 0 amide bonds. The van der Waals surface area contributed by atoms with Crippen LogP contribution in [0.25, 0.3) is 6.08 Å². The normalized spacial score (nSPS) is 10.3. The molecule has 0 spiro atoms. The monoisotopic (exact) mass is 249 g/mol. The minimum absolute atomic E-state index is 0.00964. The summed E-state index contributed by atoms with van der Waals surface area (Å²) in [5.74, 6) is 0.313. The van der Waals surface area contributed by atoms with E-state index >= 15 is 0 Å². The van der Waals surface area contributed by atoms with Crippen molar-refractivity contribution < 1.29 is 14.8 Å². The third kappa shape index (κ3) is 4.69. The molecule has 0 heterocycles. The van der Waals surface area contributed by atoms with E-state index in [-0.39, 0.29) is 5.75 Å². The summed E-state index contributed by atoms with van der Waals surface area (Å²) in [5.41, 5.74) is 1.70. The summed E-state index contributed by atoms with van der Waals surface area (Å²) in [4.78, 5) is 9.66. The Balaban J connectivity index is 2.81. The molecule has 1 rings (SSSR count). The van der Waals surface area contributed by atoms with Gasteiger partial charge >= 0.3 is 0 Å². The summed E-state index contributed by atoms with van der Waals surface area (Å²) >= 11 is 0. The highest BCUT2D eigenvalue weighted by atomic mass is 16.6. The molecule has 0 aliphatic rings. The zero-order chi connectivity index (χ0) is 13.5. The molecule has 1 N–H and O–H groups in total. The van der Waals surface area contributed by atoms with Gasteiger partial charge in [0.25, 0.3) is 0 Å². The second kappa shape index (κ2) is 6.44. The zero-order valence-electron chi connectivity index (χ0n) is 10.3. The quantitative estimate of drug-likeness (QED) is 0.494. The van der Waals surface area contributed by atoms with E-state index in [2.05, 4.69) is 0 Å². The predicted octanol–water partition coefficient (Wildman–Crippen LogP) is 2.98. The standard InChI is InChI=1S/C13H15NO4/c1-10(2)6-8-18-13-9-11(3-4-12(13)15)5-7-14(16)17/h3-7,9,15H,8H2,1-2H3/b7-5+. The van der Waals surface area contributed by atoms with Gasteiger partial charge in [-0.2, -0.15) is 0 Å². The minimum Gasteiger partial charge on any atom is -0.504 e. The lowest BCUT2D eigenvalue weighted by molar-refractivity contribution is -0.400. The maximum Gasteiger partial charge on any atom is 0.235 e. The number of phenolic OH excluding ortho intramolecular Hbond substituents is 1. The molecule has 0 aliphatic heterocycles. The molecule has 96 valence electrons. The van der Waals surface area contributed by atoms with Crippen LogP contribution in [0.4, 0.5) is 0 Å². The fraction of sp³-hybridized carbons (Fsp3) is 0.231. The van der Waals surface area contributed by atoms with Crippen LogP contribution in [0.3, 0.4) is 0 Å². The molecule has 5 heteroatoms. The first-order valence-corrected chi connectivity index (χ1v) is 5.40. The van der Waals surface area contributed by atoms with Gasteiger partial charge in [0.05, 0.1) is 4.92 Å². The fourth-order valence-corrected chi connectivity index (χ4v) is 1.20. The number of phenols is 1. The van der Waals surface area contributed by atoms with E-state index in [1.807, 2.05) is 19.9 Å². The van der Waals surface area contributed by atoms with E-state index in [9.17, 15) is 15.2 Å². The van der Waals surface area contributed by atoms with Crippen molar-refractivity contribution in [1.82, 2.24) is 0 Å². The lowest BCUT2D eigenvalue weighted by atomic mass is 10.2. The molecule has 18 heavy (non-hydrogen) atoms. The van der Waals surface area contributed by atoms with Crippen LogP contribution in [0.15, 0.2) is 36.0 Å². The molecule has 0 radical (unpaired) electrons. The van der Waals surface area contributed by atoms with E-state index in [1.165, 1.54) is 12.1 Å². The molecule has 0 saturated heterocycles. The molecule has 0 saturated carbocycles. The highest BCUT2D eigenvalue weighted by molar-refractivity contribution is 5.54. The van der Waals surface area contributed by atoms with Crippen LogP contribution in [0.2, 0.25) is 0 Å². The number of ether oxygens (including phenoxy) is 1. The van der Waals surface area contributed by atoms with Crippen molar-refractivity contribution >= 4 is 6.08 Å². The number of aromatic hydroxyl groups is 1. The Morgan fingerprint density at radius 2 is 2.22 bits per heavy atom. The summed E-state index contributed by atoms with van der Waals surface area (Å²) in [7, 11) is 0. The Morgan fingerprint density at radius 3 is 2.83 bits per heavy atom. The van der Waals surface area contributed by atoms with Crippen LogP contribution in [0, 0.1) is 10.1 Å². The molecular weight excluding hydrogens is 234 g/mol. The van der Waals surface area contributed by atoms with Gasteiger partial charge in [0, 0.05) is 6.08 Å². The third-order valence-electron chi connectivity index (χ3n) is 2.10. The first-order valence-electron chi connectivity index (χ1n) is 5.40. The van der Waals surface area contributed by atoms with E-state index in [4.69, 9.17) is 4.74 Å². The molecule has 5 nitrogen and oxygen atoms in total. The number of nitrogens with zero attached hydrogens (tertiary/aromatic N) is 1. The Bertz CT molecular complexity index is 488. The molecule has 0 fully saturated rings. The van der Waals surface area contributed by atoms with Crippen molar-refractivity contribution in [3.63, 3.8) is 0 Å². The van der Waals surface area contributed by atoms with Gasteiger partial charge in [-0.3, -0.25) is 10.1 Å². The molecule has 0 atom stereocenters. The van der Waals surface area contributed by atoms with Gasteiger partial charge in [-0.15, -0.1) is 0 Å². The SMILES string of the molecule is CC(C)=CCOc1cc(/C=C/[N+](=O)[O-])ccc1O. The van der Waals surface area contributed by atoms with Gasteiger partial charge in [-0.05, 0) is 37.6 Å². The molecule has 0 aromatic heterocycles. The van der Waals surface area contributed by atoms with Crippen molar-refractivity contribution in [2.24, 2.45) is 0 Å². The number of allylic oxidation sites excluding steroid dienone is 1. The zero-order valence-corrected chi connectivity index (χ0v) is 10.3. The van der Waals surface area contributed by atoms with Gasteiger partial charge in [-0.1, -0.05) is 11.6 Å². The van der Waals surface area contributed by atoms with Crippen LogP contribution in [0.1, 0.15) is 19.4 Å². The Hall–Kier alpha value is -2.30. The van der Waals surface area contributed by atoms with Crippen molar-refractivity contribution in [1.29, 1.82) is 0 Å². The van der Waals surface area contributed by atoms with Crippen LogP contribution < -0.4 is 4.74 Å². The Morgan fingerprint density at radius 1 is 1.50 bits per heavy atom. The van der Waals surface area contributed by atoms with Crippen LogP contribution in [-0.4, -0.2) is 16.6 Å². The first-order chi connectivity index (χ1) is 8.49. The predicted molar refractivity (Wildman–Crippen MR) is 69.1 cm³/mol. The van der Waals surface area contributed by atoms with E-state index in [0.29, 0.717) is 17.9 Å². The average molecular weight is 249 g/mol. The van der Waals surface area contributed by atoms with Crippen LogP contribution in [-0.2, 0) is 0 Å². The maximum absolute atomic E-state index is 10.2. The van der Waals surface area contributed by atoms with E-state index in [0.717, 1.165) is 11.8 Å². The van der Waals surface area contributed by atoms with Gasteiger partial charge in [0.1, 0.15) is 6.61 Å². The smallest absolute Gasteiger partial charge is 0.235 e. The highest BCUT2D eigenvalue weighted by Crippen LogP contribution is 2.27.